The number of hydrogen-bond acceptors (Lipinski definition) is 4. The Hall–Kier alpha value is -0.160. The van der Waals surface area contributed by atoms with Gasteiger partial charge in [0.2, 0.25) is 0 Å². The Morgan fingerprint density at radius 3 is 2.43 bits per heavy atom. The van der Waals surface area contributed by atoms with E-state index in [1.807, 2.05) is 6.92 Å². The van der Waals surface area contributed by atoms with Crippen LogP contribution < -0.4 is 5.32 Å². The van der Waals surface area contributed by atoms with E-state index in [2.05, 4.69) is 5.32 Å². The van der Waals surface area contributed by atoms with Crippen molar-refractivity contribution < 1.29 is 14.6 Å². The summed E-state index contributed by atoms with van der Waals surface area (Å²) in [5.74, 6) is 0.269. The van der Waals surface area contributed by atoms with E-state index in [1.54, 1.807) is 14.2 Å². The fourth-order valence-corrected chi connectivity index (χ4v) is 1.12. The lowest BCUT2D eigenvalue weighted by Crippen LogP contribution is -2.33. The van der Waals surface area contributed by atoms with Crippen LogP contribution in [0.5, 0.6) is 0 Å². The molecule has 0 bridgehead atoms. The van der Waals surface area contributed by atoms with Crippen molar-refractivity contribution >= 4 is 0 Å². The van der Waals surface area contributed by atoms with Crippen LogP contribution >= 0.6 is 0 Å². The highest BCUT2D eigenvalue weighted by atomic mass is 16.5. The van der Waals surface area contributed by atoms with Crippen molar-refractivity contribution in [2.24, 2.45) is 5.92 Å². The van der Waals surface area contributed by atoms with Crippen LogP contribution in [0, 0.1) is 5.92 Å². The Bertz CT molecular complexity index is 122. The van der Waals surface area contributed by atoms with Gasteiger partial charge in [-0.05, 0) is 12.3 Å². The molecule has 2 unspecified atom stereocenters. The first-order chi connectivity index (χ1) is 6.72. The van der Waals surface area contributed by atoms with Crippen LogP contribution in [0.4, 0.5) is 0 Å². The quantitative estimate of drug-likeness (QED) is 0.530. The molecule has 0 aromatic rings. The molecule has 0 aliphatic rings. The maximum absolute atomic E-state index is 9.68. The van der Waals surface area contributed by atoms with Gasteiger partial charge in [0.1, 0.15) is 0 Å². The Balaban J connectivity index is 3.36. The summed E-state index contributed by atoms with van der Waals surface area (Å²) in [6.07, 6.45) is 0.589. The SMILES string of the molecule is COCCNCC(O)C(C)CCOC. The lowest BCUT2D eigenvalue weighted by molar-refractivity contribution is 0.0858. The maximum Gasteiger partial charge on any atom is 0.0690 e. The van der Waals surface area contributed by atoms with Crippen LogP contribution in [0.25, 0.3) is 0 Å². The van der Waals surface area contributed by atoms with Crippen molar-refractivity contribution in [3.63, 3.8) is 0 Å². The van der Waals surface area contributed by atoms with E-state index in [-0.39, 0.29) is 12.0 Å². The van der Waals surface area contributed by atoms with Crippen molar-refractivity contribution in [1.29, 1.82) is 0 Å². The van der Waals surface area contributed by atoms with Crippen LogP contribution in [0.15, 0.2) is 0 Å². The molecule has 0 fully saturated rings. The third-order valence-corrected chi connectivity index (χ3v) is 2.27. The summed E-state index contributed by atoms with van der Waals surface area (Å²) in [7, 11) is 3.34. The van der Waals surface area contributed by atoms with E-state index >= 15 is 0 Å². The van der Waals surface area contributed by atoms with E-state index in [1.165, 1.54) is 0 Å². The molecule has 0 spiro atoms. The molecular formula is C10H23NO3. The molecule has 0 radical (unpaired) electrons. The number of aliphatic hydroxyl groups excluding tert-OH is 1. The molecule has 0 aliphatic heterocycles. The maximum atomic E-state index is 9.68. The number of nitrogens with one attached hydrogen (secondary N) is 1. The molecule has 4 heteroatoms. The third-order valence-electron chi connectivity index (χ3n) is 2.27. The first kappa shape index (κ1) is 13.8. The van der Waals surface area contributed by atoms with Gasteiger partial charge in [-0.25, -0.2) is 0 Å². The van der Waals surface area contributed by atoms with Crippen LogP contribution in [-0.2, 0) is 9.47 Å². The van der Waals surface area contributed by atoms with Gasteiger partial charge in [0.15, 0.2) is 0 Å². The van der Waals surface area contributed by atoms with Crippen molar-refractivity contribution in [2.45, 2.75) is 19.4 Å². The van der Waals surface area contributed by atoms with Gasteiger partial charge in [0.25, 0.3) is 0 Å². The van der Waals surface area contributed by atoms with E-state index in [0.717, 1.165) is 13.0 Å². The Morgan fingerprint density at radius 1 is 1.21 bits per heavy atom. The molecule has 0 rings (SSSR count). The average molecular weight is 205 g/mol. The van der Waals surface area contributed by atoms with E-state index < -0.39 is 0 Å². The molecule has 0 amide bonds. The van der Waals surface area contributed by atoms with E-state index in [9.17, 15) is 5.11 Å². The molecule has 2 N–H and O–H groups in total. The van der Waals surface area contributed by atoms with E-state index in [4.69, 9.17) is 9.47 Å². The first-order valence-corrected chi connectivity index (χ1v) is 5.09. The molecule has 2 atom stereocenters. The molecular weight excluding hydrogens is 182 g/mol. The van der Waals surface area contributed by atoms with Gasteiger partial charge in [0.05, 0.1) is 12.7 Å². The van der Waals surface area contributed by atoms with Gasteiger partial charge in [-0.15, -0.1) is 0 Å². The Kier molecular flexibility index (Phi) is 9.29. The molecule has 86 valence electrons. The lowest BCUT2D eigenvalue weighted by Gasteiger charge is -2.18. The summed E-state index contributed by atoms with van der Waals surface area (Å²) >= 11 is 0. The molecule has 4 nitrogen and oxygen atoms in total. The fourth-order valence-electron chi connectivity index (χ4n) is 1.12. The number of methoxy groups -OCH3 is 2. The topological polar surface area (TPSA) is 50.7 Å². The summed E-state index contributed by atoms with van der Waals surface area (Å²) in [6.45, 7) is 4.82. The number of hydrogen-bond donors (Lipinski definition) is 2. The molecule has 0 saturated carbocycles. The highest BCUT2D eigenvalue weighted by Crippen LogP contribution is 2.07. The first-order valence-electron chi connectivity index (χ1n) is 5.09. The van der Waals surface area contributed by atoms with Crippen LogP contribution in [0.3, 0.4) is 0 Å². The molecule has 0 aromatic carbocycles. The molecule has 0 heterocycles. The summed E-state index contributed by atoms with van der Waals surface area (Å²) in [5.41, 5.74) is 0. The van der Waals surface area contributed by atoms with Crippen molar-refractivity contribution in [3.05, 3.63) is 0 Å². The zero-order chi connectivity index (χ0) is 10.8. The monoisotopic (exact) mass is 205 g/mol. The summed E-state index contributed by atoms with van der Waals surface area (Å²) in [5, 5.41) is 12.8. The second-order valence-electron chi connectivity index (χ2n) is 3.52. The van der Waals surface area contributed by atoms with Crippen molar-refractivity contribution in [1.82, 2.24) is 5.32 Å². The standard InChI is InChI=1S/C10H23NO3/c1-9(4-6-13-2)10(12)8-11-5-7-14-3/h9-12H,4-8H2,1-3H3. The number of aliphatic hydroxyl groups is 1. The predicted molar refractivity (Wildman–Crippen MR) is 56.4 cm³/mol. The average Bonchev–Trinajstić information content (AvgIpc) is 2.20. The minimum atomic E-state index is -0.304. The molecule has 0 aromatic heterocycles. The zero-order valence-electron chi connectivity index (χ0n) is 9.45. The van der Waals surface area contributed by atoms with Gasteiger partial charge < -0.3 is 19.9 Å². The molecule has 0 aliphatic carbocycles. The molecule has 14 heavy (non-hydrogen) atoms. The minimum Gasteiger partial charge on any atom is -0.392 e. The summed E-state index contributed by atoms with van der Waals surface area (Å²) in [6, 6.07) is 0. The van der Waals surface area contributed by atoms with Gasteiger partial charge in [-0.1, -0.05) is 6.92 Å². The largest absolute Gasteiger partial charge is 0.392 e. The van der Waals surface area contributed by atoms with Crippen molar-refractivity contribution in [3.8, 4) is 0 Å². The molecule has 0 saturated heterocycles. The van der Waals surface area contributed by atoms with E-state index in [0.29, 0.717) is 19.8 Å². The third kappa shape index (κ3) is 7.26. The smallest absolute Gasteiger partial charge is 0.0690 e. The van der Waals surface area contributed by atoms with Crippen LogP contribution in [0.2, 0.25) is 0 Å². The second-order valence-corrected chi connectivity index (χ2v) is 3.52. The number of rotatable bonds is 9. The van der Waals surface area contributed by atoms with Gasteiger partial charge in [-0.3, -0.25) is 0 Å². The fraction of sp³-hybridized carbons (Fsp3) is 1.00. The van der Waals surface area contributed by atoms with Crippen LogP contribution in [-0.4, -0.2) is 51.7 Å². The second kappa shape index (κ2) is 9.40. The number of ether oxygens (including phenoxy) is 2. The zero-order valence-corrected chi connectivity index (χ0v) is 9.45. The van der Waals surface area contributed by atoms with Crippen molar-refractivity contribution in [2.75, 3.05) is 40.5 Å². The van der Waals surface area contributed by atoms with Crippen LogP contribution in [0.1, 0.15) is 13.3 Å². The Morgan fingerprint density at radius 2 is 1.86 bits per heavy atom. The predicted octanol–water partition coefficient (Wildman–Crippen LogP) is 0.256. The minimum absolute atomic E-state index is 0.269. The highest BCUT2D eigenvalue weighted by molar-refractivity contribution is 4.66. The van der Waals surface area contributed by atoms with Gasteiger partial charge in [0, 0.05) is 33.9 Å². The summed E-state index contributed by atoms with van der Waals surface area (Å²) < 4.78 is 9.84. The normalized spacial score (nSPS) is 15.4. The van der Waals surface area contributed by atoms with Gasteiger partial charge >= 0.3 is 0 Å². The van der Waals surface area contributed by atoms with Gasteiger partial charge in [-0.2, -0.15) is 0 Å². The lowest BCUT2D eigenvalue weighted by atomic mass is 10.0. The Labute approximate surface area is 86.6 Å². The summed E-state index contributed by atoms with van der Waals surface area (Å²) in [4.78, 5) is 0. The highest BCUT2D eigenvalue weighted by Gasteiger charge is 2.12.